The number of rotatable bonds is 3. The number of halogens is 1. The minimum Gasteiger partial charge on any atom is -0.469 e. The number of methoxy groups -OCH3 is 1. The van der Waals surface area contributed by atoms with E-state index in [1.807, 2.05) is 0 Å². The first-order valence-corrected chi connectivity index (χ1v) is 8.48. The van der Waals surface area contributed by atoms with Crippen molar-refractivity contribution in [2.45, 2.75) is 36.1 Å². The van der Waals surface area contributed by atoms with Crippen molar-refractivity contribution in [3.8, 4) is 0 Å². The standard InChI is InChI=1S/C13H14ClN3O3S/c1-20-10(18)12-4-13(5-12,6-12)17-9-8-7(2-3-21(8)19)15-11(14)16-9/h2-6H2,1H3,(H,15,16,17)/t12?,13?,21-/m1/s1. The van der Waals surface area contributed by atoms with Gasteiger partial charge in [-0.15, -0.1) is 0 Å². The Hall–Kier alpha value is -1.21. The fourth-order valence-corrected chi connectivity index (χ4v) is 5.35. The van der Waals surface area contributed by atoms with Crippen LogP contribution in [0.5, 0.6) is 0 Å². The molecule has 5 rings (SSSR count). The summed E-state index contributed by atoms with van der Waals surface area (Å²) in [5.41, 5.74) is 0.318. The number of hydrogen-bond donors (Lipinski definition) is 1. The molecule has 0 radical (unpaired) electrons. The molecule has 112 valence electrons. The lowest BCUT2D eigenvalue weighted by Gasteiger charge is -2.68. The average Bonchev–Trinajstić information content (AvgIpc) is 2.72. The van der Waals surface area contributed by atoms with Gasteiger partial charge in [-0.25, -0.2) is 4.98 Å². The van der Waals surface area contributed by atoms with E-state index in [0.29, 0.717) is 22.9 Å². The summed E-state index contributed by atoms with van der Waals surface area (Å²) in [6.07, 6.45) is 2.86. The fraction of sp³-hybridized carbons (Fsp3) is 0.615. The lowest BCUT2D eigenvalue weighted by atomic mass is 9.39. The van der Waals surface area contributed by atoms with Crippen molar-refractivity contribution < 1.29 is 13.7 Å². The van der Waals surface area contributed by atoms with E-state index in [4.69, 9.17) is 16.3 Å². The van der Waals surface area contributed by atoms with E-state index in [2.05, 4.69) is 15.3 Å². The maximum Gasteiger partial charge on any atom is 0.312 e. The van der Waals surface area contributed by atoms with Crippen LogP contribution in [0.25, 0.3) is 0 Å². The quantitative estimate of drug-likeness (QED) is 0.666. The molecule has 0 unspecified atom stereocenters. The molecule has 1 atom stereocenters. The first-order valence-electron chi connectivity index (χ1n) is 6.78. The lowest BCUT2D eigenvalue weighted by molar-refractivity contribution is -0.190. The molecule has 1 aliphatic heterocycles. The van der Waals surface area contributed by atoms with Crippen molar-refractivity contribution in [1.82, 2.24) is 9.97 Å². The van der Waals surface area contributed by atoms with Gasteiger partial charge in [0.15, 0.2) is 0 Å². The average molecular weight is 328 g/mol. The molecule has 0 saturated heterocycles. The SMILES string of the molecule is COC(=O)C12CC(Nc3nc(Cl)nc4c3[S@](=O)CC4)(C1)C2. The highest BCUT2D eigenvalue weighted by Gasteiger charge is 2.72. The number of aromatic nitrogens is 2. The summed E-state index contributed by atoms with van der Waals surface area (Å²) >= 11 is 5.94. The normalized spacial score (nSPS) is 35.4. The predicted octanol–water partition coefficient (Wildman–Crippen LogP) is 1.30. The summed E-state index contributed by atoms with van der Waals surface area (Å²) in [7, 11) is 0.348. The van der Waals surface area contributed by atoms with Gasteiger partial charge in [0.1, 0.15) is 10.7 Å². The molecule has 1 aromatic rings. The molecular formula is C13H14ClN3O3S. The number of nitrogens with zero attached hydrogens (tertiary/aromatic N) is 2. The molecule has 8 heteroatoms. The first-order chi connectivity index (χ1) is 9.97. The maximum absolute atomic E-state index is 12.1. The molecule has 21 heavy (non-hydrogen) atoms. The largest absolute Gasteiger partial charge is 0.469 e. The van der Waals surface area contributed by atoms with Crippen molar-refractivity contribution >= 4 is 34.2 Å². The zero-order chi connectivity index (χ0) is 14.8. The number of hydrogen-bond acceptors (Lipinski definition) is 6. The number of anilines is 1. The molecule has 2 bridgehead atoms. The van der Waals surface area contributed by atoms with Crippen molar-refractivity contribution in [3.05, 3.63) is 11.0 Å². The molecule has 6 nitrogen and oxygen atoms in total. The third-order valence-corrected chi connectivity index (χ3v) is 6.32. The zero-order valence-corrected chi connectivity index (χ0v) is 13.0. The summed E-state index contributed by atoms with van der Waals surface area (Å²) < 4.78 is 16.9. The molecule has 1 N–H and O–H groups in total. The van der Waals surface area contributed by atoms with E-state index in [1.54, 1.807) is 0 Å². The van der Waals surface area contributed by atoms with E-state index in [1.165, 1.54) is 7.11 Å². The van der Waals surface area contributed by atoms with Crippen LogP contribution in [-0.4, -0.2) is 38.5 Å². The number of aryl methyl sites for hydroxylation is 1. The van der Waals surface area contributed by atoms with E-state index in [0.717, 1.165) is 25.0 Å². The highest BCUT2D eigenvalue weighted by molar-refractivity contribution is 7.85. The van der Waals surface area contributed by atoms with E-state index < -0.39 is 10.8 Å². The topological polar surface area (TPSA) is 81.2 Å². The molecule has 4 aliphatic rings. The molecular weight excluding hydrogens is 314 g/mol. The third-order valence-electron chi connectivity index (χ3n) is 4.69. The number of carbonyl (C=O) groups is 1. The Morgan fingerprint density at radius 1 is 1.38 bits per heavy atom. The van der Waals surface area contributed by atoms with Crippen LogP contribution in [0, 0.1) is 5.41 Å². The van der Waals surface area contributed by atoms with Crippen molar-refractivity contribution in [3.63, 3.8) is 0 Å². The summed E-state index contributed by atoms with van der Waals surface area (Å²) in [6.45, 7) is 0. The molecule has 3 fully saturated rings. The number of carbonyl (C=O) groups excluding carboxylic acids is 1. The number of fused-ring (bicyclic) bond motifs is 1. The van der Waals surface area contributed by atoms with Gasteiger partial charge in [-0.1, -0.05) is 0 Å². The van der Waals surface area contributed by atoms with Crippen molar-refractivity contribution in [2.24, 2.45) is 5.41 Å². The van der Waals surface area contributed by atoms with Gasteiger partial charge in [0, 0.05) is 17.7 Å². The Kier molecular flexibility index (Phi) is 2.67. The van der Waals surface area contributed by atoms with Crippen LogP contribution in [0.1, 0.15) is 25.0 Å². The van der Waals surface area contributed by atoms with Gasteiger partial charge in [-0.2, -0.15) is 4.98 Å². The molecule has 2 heterocycles. The molecule has 0 aromatic carbocycles. The van der Waals surface area contributed by atoms with Crippen LogP contribution in [0.2, 0.25) is 5.28 Å². The van der Waals surface area contributed by atoms with E-state index in [9.17, 15) is 9.00 Å². The Labute approximate surface area is 129 Å². The minimum absolute atomic E-state index is 0.133. The van der Waals surface area contributed by atoms with Gasteiger partial charge in [0.2, 0.25) is 5.28 Å². The van der Waals surface area contributed by atoms with Crippen LogP contribution in [0.15, 0.2) is 4.90 Å². The minimum atomic E-state index is -1.07. The van der Waals surface area contributed by atoms with Crippen LogP contribution >= 0.6 is 11.6 Å². The van der Waals surface area contributed by atoms with Crippen molar-refractivity contribution in [2.75, 3.05) is 18.2 Å². The maximum atomic E-state index is 12.1. The molecule has 1 aromatic heterocycles. The van der Waals surface area contributed by atoms with Gasteiger partial charge < -0.3 is 10.1 Å². The third kappa shape index (κ3) is 1.76. The summed E-state index contributed by atoms with van der Waals surface area (Å²) in [5, 5.41) is 3.53. The monoisotopic (exact) mass is 327 g/mol. The van der Waals surface area contributed by atoms with Crippen molar-refractivity contribution in [1.29, 1.82) is 0 Å². The Balaban J connectivity index is 1.59. The van der Waals surface area contributed by atoms with Gasteiger partial charge >= 0.3 is 5.97 Å². The molecule has 3 saturated carbocycles. The predicted molar refractivity (Wildman–Crippen MR) is 76.7 cm³/mol. The zero-order valence-electron chi connectivity index (χ0n) is 11.4. The number of esters is 1. The lowest BCUT2D eigenvalue weighted by Crippen LogP contribution is -2.74. The molecule has 0 amide bonds. The van der Waals surface area contributed by atoms with Crippen LogP contribution in [0.3, 0.4) is 0 Å². The first kappa shape index (κ1) is 13.5. The second-order valence-corrected chi connectivity index (χ2v) is 7.97. The van der Waals surface area contributed by atoms with E-state index >= 15 is 0 Å². The summed E-state index contributed by atoms with van der Waals surface area (Å²) in [4.78, 5) is 20.7. The Bertz CT molecular complexity index is 674. The van der Waals surface area contributed by atoms with Gasteiger partial charge in [0.05, 0.1) is 29.0 Å². The van der Waals surface area contributed by atoms with Crippen LogP contribution in [-0.2, 0) is 26.8 Å². The number of ether oxygens (including phenoxy) is 1. The van der Waals surface area contributed by atoms with Crippen LogP contribution < -0.4 is 5.32 Å². The Morgan fingerprint density at radius 3 is 2.76 bits per heavy atom. The smallest absolute Gasteiger partial charge is 0.312 e. The highest BCUT2D eigenvalue weighted by atomic mass is 35.5. The summed E-state index contributed by atoms with van der Waals surface area (Å²) in [6, 6.07) is 0. The molecule has 3 aliphatic carbocycles. The second kappa shape index (κ2) is 4.16. The second-order valence-electron chi connectivity index (χ2n) is 6.12. The highest BCUT2D eigenvalue weighted by Crippen LogP contribution is 2.68. The van der Waals surface area contributed by atoms with Crippen LogP contribution in [0.4, 0.5) is 5.82 Å². The summed E-state index contributed by atoms with van der Waals surface area (Å²) in [5.74, 6) is 0.998. The van der Waals surface area contributed by atoms with Gasteiger partial charge in [0.25, 0.3) is 0 Å². The molecule has 0 spiro atoms. The Morgan fingerprint density at radius 2 is 2.10 bits per heavy atom. The van der Waals surface area contributed by atoms with Gasteiger partial charge in [-0.3, -0.25) is 9.00 Å². The van der Waals surface area contributed by atoms with E-state index in [-0.39, 0.29) is 22.2 Å². The fourth-order valence-electron chi connectivity index (χ4n) is 3.86. The number of nitrogens with one attached hydrogen (secondary N) is 1. The van der Waals surface area contributed by atoms with Gasteiger partial charge in [-0.05, 0) is 30.9 Å².